The van der Waals surface area contributed by atoms with Crippen molar-refractivity contribution >= 4 is 5.91 Å². The van der Waals surface area contributed by atoms with Gasteiger partial charge >= 0.3 is 0 Å². The van der Waals surface area contributed by atoms with Crippen molar-refractivity contribution in [3.8, 4) is 0 Å². The minimum absolute atomic E-state index is 0.00947. The van der Waals surface area contributed by atoms with Gasteiger partial charge in [-0.1, -0.05) is 18.6 Å². The van der Waals surface area contributed by atoms with E-state index in [1.54, 1.807) is 0 Å². The molecule has 0 saturated carbocycles. The number of carbonyl (C=O) groups excluding carboxylic acids is 1. The van der Waals surface area contributed by atoms with Gasteiger partial charge in [0.2, 0.25) is 0 Å². The van der Waals surface area contributed by atoms with Crippen LogP contribution < -0.4 is 5.32 Å². The fourth-order valence-corrected chi connectivity index (χ4v) is 3.22. The van der Waals surface area contributed by atoms with E-state index in [0.717, 1.165) is 25.1 Å². The first-order chi connectivity index (χ1) is 11.3. The standard InChI is InChI=1S/C20H32N2O2/c1-16-7-4-5-13-22(16)14-12-21-19(23)18-9-6-8-17(15-18)10-11-20(2,3)24/h6,8-9,15-16,24H,4-5,7,10-14H2,1-3H3,(H,21,23). The van der Waals surface area contributed by atoms with Gasteiger partial charge in [0, 0.05) is 24.7 Å². The molecule has 1 saturated heterocycles. The average Bonchev–Trinajstić information content (AvgIpc) is 2.54. The molecule has 2 N–H and O–H groups in total. The number of nitrogens with one attached hydrogen (secondary N) is 1. The van der Waals surface area contributed by atoms with Crippen LogP contribution in [0, 0.1) is 0 Å². The number of amides is 1. The molecule has 1 aliphatic heterocycles. The zero-order valence-corrected chi connectivity index (χ0v) is 15.3. The third-order valence-corrected chi connectivity index (χ3v) is 4.84. The summed E-state index contributed by atoms with van der Waals surface area (Å²) < 4.78 is 0. The van der Waals surface area contributed by atoms with Gasteiger partial charge in [0.25, 0.3) is 5.91 Å². The first-order valence-electron chi connectivity index (χ1n) is 9.19. The molecular weight excluding hydrogens is 300 g/mol. The molecule has 1 aliphatic rings. The number of likely N-dealkylation sites (tertiary alicyclic amines) is 1. The first-order valence-corrected chi connectivity index (χ1v) is 9.19. The van der Waals surface area contributed by atoms with Gasteiger partial charge in [-0.2, -0.15) is 0 Å². The van der Waals surface area contributed by atoms with Gasteiger partial charge in [-0.25, -0.2) is 0 Å². The third-order valence-electron chi connectivity index (χ3n) is 4.84. The molecule has 0 radical (unpaired) electrons. The van der Waals surface area contributed by atoms with Gasteiger partial charge in [-0.15, -0.1) is 0 Å². The lowest BCUT2D eigenvalue weighted by molar-refractivity contribution is 0.0714. The van der Waals surface area contributed by atoms with Crippen LogP contribution in [0.2, 0.25) is 0 Å². The van der Waals surface area contributed by atoms with Crippen LogP contribution in [0.5, 0.6) is 0 Å². The van der Waals surface area contributed by atoms with E-state index in [9.17, 15) is 9.90 Å². The summed E-state index contributed by atoms with van der Waals surface area (Å²) in [6.45, 7) is 8.65. The van der Waals surface area contributed by atoms with E-state index < -0.39 is 5.60 Å². The van der Waals surface area contributed by atoms with E-state index in [-0.39, 0.29) is 5.91 Å². The van der Waals surface area contributed by atoms with Crippen molar-refractivity contribution in [3.05, 3.63) is 35.4 Å². The average molecular weight is 332 g/mol. The second-order valence-corrected chi connectivity index (χ2v) is 7.65. The molecule has 0 aromatic heterocycles. The Bertz CT molecular complexity index is 537. The molecule has 2 rings (SSSR count). The van der Waals surface area contributed by atoms with Gasteiger partial charge in [0.1, 0.15) is 0 Å². The zero-order valence-electron chi connectivity index (χ0n) is 15.3. The maximum Gasteiger partial charge on any atom is 0.251 e. The van der Waals surface area contributed by atoms with Crippen LogP contribution in [0.4, 0.5) is 0 Å². The van der Waals surface area contributed by atoms with Gasteiger partial charge in [-0.05, 0) is 70.7 Å². The highest BCUT2D eigenvalue weighted by Gasteiger charge is 2.18. The predicted octanol–water partition coefficient (Wildman–Crippen LogP) is 2.99. The van der Waals surface area contributed by atoms with Crippen LogP contribution in [0.3, 0.4) is 0 Å². The molecule has 24 heavy (non-hydrogen) atoms. The molecule has 134 valence electrons. The summed E-state index contributed by atoms with van der Waals surface area (Å²) in [4.78, 5) is 14.8. The Kier molecular flexibility index (Phi) is 6.81. The van der Waals surface area contributed by atoms with Crippen LogP contribution in [-0.4, -0.2) is 47.2 Å². The highest BCUT2D eigenvalue weighted by molar-refractivity contribution is 5.94. The van der Waals surface area contributed by atoms with Crippen LogP contribution in [-0.2, 0) is 6.42 Å². The summed E-state index contributed by atoms with van der Waals surface area (Å²) in [6.07, 6.45) is 5.31. The fraction of sp³-hybridized carbons (Fsp3) is 0.650. The minimum atomic E-state index is -0.677. The quantitative estimate of drug-likeness (QED) is 0.807. The fourth-order valence-electron chi connectivity index (χ4n) is 3.22. The van der Waals surface area contributed by atoms with Gasteiger partial charge in [0.15, 0.2) is 0 Å². The maximum absolute atomic E-state index is 12.3. The smallest absolute Gasteiger partial charge is 0.251 e. The Labute approximate surface area is 146 Å². The summed E-state index contributed by atoms with van der Waals surface area (Å²) in [5, 5.41) is 12.9. The lowest BCUT2D eigenvalue weighted by atomic mass is 9.98. The Balaban J connectivity index is 1.81. The van der Waals surface area contributed by atoms with Crippen molar-refractivity contribution < 1.29 is 9.90 Å². The Morgan fingerprint density at radius 1 is 1.38 bits per heavy atom. The van der Waals surface area contributed by atoms with Crippen molar-refractivity contribution in [2.24, 2.45) is 0 Å². The van der Waals surface area contributed by atoms with E-state index in [2.05, 4.69) is 17.1 Å². The minimum Gasteiger partial charge on any atom is -0.390 e. The second-order valence-electron chi connectivity index (χ2n) is 7.65. The van der Waals surface area contributed by atoms with Crippen molar-refractivity contribution in [3.63, 3.8) is 0 Å². The number of aliphatic hydroxyl groups is 1. The van der Waals surface area contributed by atoms with Crippen molar-refractivity contribution in [1.29, 1.82) is 0 Å². The molecule has 1 aromatic carbocycles. The van der Waals surface area contributed by atoms with E-state index in [1.807, 2.05) is 38.1 Å². The van der Waals surface area contributed by atoms with E-state index >= 15 is 0 Å². The molecule has 0 aliphatic carbocycles. The molecule has 1 unspecified atom stereocenters. The van der Waals surface area contributed by atoms with Gasteiger partial charge in [-0.3, -0.25) is 9.69 Å². The highest BCUT2D eigenvalue weighted by atomic mass is 16.3. The number of nitrogens with zero attached hydrogens (tertiary/aromatic N) is 1. The molecule has 1 fully saturated rings. The van der Waals surface area contributed by atoms with Crippen LogP contribution >= 0.6 is 0 Å². The number of carbonyl (C=O) groups is 1. The summed E-state index contributed by atoms with van der Waals surface area (Å²) in [5.41, 5.74) is 1.12. The summed E-state index contributed by atoms with van der Waals surface area (Å²) in [5.74, 6) is -0.00947. The lowest BCUT2D eigenvalue weighted by Gasteiger charge is -2.33. The number of hydrogen-bond donors (Lipinski definition) is 2. The number of piperidine rings is 1. The van der Waals surface area contributed by atoms with Crippen LogP contribution in [0.1, 0.15) is 62.4 Å². The van der Waals surface area contributed by atoms with Crippen molar-refractivity contribution in [2.45, 2.75) is 64.5 Å². The second kappa shape index (κ2) is 8.63. The largest absolute Gasteiger partial charge is 0.390 e. The number of aryl methyl sites for hydroxylation is 1. The Morgan fingerprint density at radius 2 is 2.17 bits per heavy atom. The molecule has 1 aromatic rings. The van der Waals surface area contributed by atoms with E-state index in [4.69, 9.17) is 0 Å². The zero-order chi connectivity index (χ0) is 17.6. The molecule has 4 heteroatoms. The number of benzene rings is 1. The Hall–Kier alpha value is -1.39. The van der Waals surface area contributed by atoms with Crippen molar-refractivity contribution in [1.82, 2.24) is 10.2 Å². The first kappa shape index (κ1) is 18.9. The molecule has 0 bridgehead atoms. The third kappa shape index (κ3) is 6.25. The number of rotatable bonds is 7. The Morgan fingerprint density at radius 3 is 2.88 bits per heavy atom. The van der Waals surface area contributed by atoms with Gasteiger partial charge in [0.05, 0.1) is 5.60 Å². The summed E-state index contributed by atoms with van der Waals surface area (Å²) >= 11 is 0. The molecule has 1 amide bonds. The normalized spacial score (nSPS) is 19.2. The summed E-state index contributed by atoms with van der Waals surface area (Å²) in [6, 6.07) is 8.34. The van der Waals surface area contributed by atoms with Gasteiger partial charge < -0.3 is 10.4 Å². The lowest BCUT2D eigenvalue weighted by Crippen LogP contribution is -2.42. The molecule has 1 heterocycles. The summed E-state index contributed by atoms with van der Waals surface area (Å²) in [7, 11) is 0. The molecule has 4 nitrogen and oxygen atoms in total. The van der Waals surface area contributed by atoms with Crippen LogP contribution in [0.25, 0.3) is 0 Å². The number of hydrogen-bond acceptors (Lipinski definition) is 3. The maximum atomic E-state index is 12.3. The molecule has 0 spiro atoms. The van der Waals surface area contributed by atoms with Crippen molar-refractivity contribution in [2.75, 3.05) is 19.6 Å². The molecule has 1 atom stereocenters. The van der Waals surface area contributed by atoms with Crippen LogP contribution in [0.15, 0.2) is 24.3 Å². The predicted molar refractivity (Wildman–Crippen MR) is 98.3 cm³/mol. The van der Waals surface area contributed by atoms with E-state index in [1.165, 1.54) is 19.3 Å². The topological polar surface area (TPSA) is 52.6 Å². The molecular formula is C20H32N2O2. The monoisotopic (exact) mass is 332 g/mol. The SMILES string of the molecule is CC1CCCCN1CCNC(=O)c1cccc(CCC(C)(C)O)c1. The highest BCUT2D eigenvalue weighted by Crippen LogP contribution is 2.16. The van der Waals surface area contributed by atoms with E-state index in [0.29, 0.717) is 24.6 Å².